The number of carbonyl (C=O) groups excluding carboxylic acids is 1. The molecule has 1 saturated heterocycles. The monoisotopic (exact) mass is 252 g/mol. The van der Waals surface area contributed by atoms with Crippen molar-refractivity contribution in [3.8, 4) is 0 Å². The lowest BCUT2D eigenvalue weighted by atomic mass is 9.81. The van der Waals surface area contributed by atoms with Crippen LogP contribution in [0.3, 0.4) is 0 Å². The molecule has 2 fully saturated rings. The Morgan fingerprint density at radius 3 is 2.83 bits per heavy atom. The fraction of sp³-hybridized carbons (Fsp3) is 0.933. The Morgan fingerprint density at radius 2 is 2.11 bits per heavy atom. The minimum atomic E-state index is 0.315. The summed E-state index contributed by atoms with van der Waals surface area (Å²) in [6.45, 7) is 8.98. The first-order valence-corrected chi connectivity index (χ1v) is 7.55. The molecule has 0 spiro atoms. The van der Waals surface area contributed by atoms with Crippen LogP contribution in [0.2, 0.25) is 0 Å². The van der Waals surface area contributed by atoms with Crippen LogP contribution in [0.15, 0.2) is 0 Å². The van der Waals surface area contributed by atoms with Gasteiger partial charge in [-0.2, -0.15) is 0 Å². The van der Waals surface area contributed by atoms with Crippen molar-refractivity contribution in [3.63, 3.8) is 0 Å². The Hall–Kier alpha value is -0.410. The second-order valence-electron chi connectivity index (χ2n) is 6.35. The van der Waals surface area contributed by atoms with Gasteiger partial charge in [-0.3, -0.25) is 9.69 Å². The summed E-state index contributed by atoms with van der Waals surface area (Å²) in [5.74, 6) is 1.57. The number of piperazine rings is 1. The minimum Gasteiger partial charge on any atom is -0.301 e. The molecule has 2 aliphatic rings. The van der Waals surface area contributed by atoms with E-state index in [9.17, 15) is 4.79 Å². The quantitative estimate of drug-likeness (QED) is 0.768. The zero-order chi connectivity index (χ0) is 13.1. The predicted octanol–water partition coefficient (Wildman–Crippen LogP) is 2.02. The van der Waals surface area contributed by atoms with Crippen LogP contribution in [0.25, 0.3) is 0 Å². The molecule has 1 aliphatic heterocycles. The van der Waals surface area contributed by atoms with Crippen LogP contribution < -0.4 is 0 Å². The molecule has 104 valence electrons. The summed E-state index contributed by atoms with van der Waals surface area (Å²) in [4.78, 5) is 17.0. The van der Waals surface area contributed by atoms with E-state index in [4.69, 9.17) is 0 Å². The maximum absolute atomic E-state index is 12.0. The van der Waals surface area contributed by atoms with Crippen LogP contribution >= 0.6 is 0 Å². The van der Waals surface area contributed by atoms with Gasteiger partial charge in [-0.05, 0) is 32.2 Å². The molecule has 0 aromatic rings. The molecule has 0 aromatic carbocycles. The van der Waals surface area contributed by atoms with Crippen LogP contribution in [0, 0.1) is 11.8 Å². The maximum atomic E-state index is 12.0. The van der Waals surface area contributed by atoms with Gasteiger partial charge in [0.2, 0.25) is 0 Å². The van der Waals surface area contributed by atoms with Gasteiger partial charge in [0.25, 0.3) is 0 Å². The predicted molar refractivity (Wildman–Crippen MR) is 74.7 cm³/mol. The number of nitrogens with zero attached hydrogens (tertiary/aromatic N) is 2. The van der Waals surface area contributed by atoms with Gasteiger partial charge in [0.05, 0.1) is 0 Å². The average Bonchev–Trinajstić information content (AvgIpc) is 2.36. The number of ketones is 1. The van der Waals surface area contributed by atoms with E-state index in [1.165, 1.54) is 6.42 Å². The van der Waals surface area contributed by atoms with E-state index in [0.717, 1.165) is 51.4 Å². The Labute approximate surface area is 112 Å². The Morgan fingerprint density at radius 1 is 1.33 bits per heavy atom. The van der Waals surface area contributed by atoms with Crippen molar-refractivity contribution >= 4 is 5.78 Å². The first-order valence-electron chi connectivity index (χ1n) is 7.55. The Balaban J connectivity index is 1.87. The molecule has 3 heteroatoms. The smallest absolute Gasteiger partial charge is 0.137 e. The van der Waals surface area contributed by atoms with Crippen molar-refractivity contribution in [2.75, 3.05) is 33.2 Å². The van der Waals surface area contributed by atoms with Gasteiger partial charge in [-0.15, -0.1) is 0 Å². The fourth-order valence-electron chi connectivity index (χ4n) is 3.43. The van der Waals surface area contributed by atoms with Gasteiger partial charge in [0, 0.05) is 44.6 Å². The Bertz CT molecular complexity index is 292. The van der Waals surface area contributed by atoms with E-state index in [1.54, 1.807) is 0 Å². The van der Waals surface area contributed by atoms with E-state index in [0.29, 0.717) is 17.7 Å². The first-order chi connectivity index (χ1) is 8.60. The molecule has 1 aliphatic carbocycles. The van der Waals surface area contributed by atoms with Crippen LogP contribution in [-0.4, -0.2) is 54.9 Å². The number of Topliss-reactive ketones (excluding diaryl/α,β-unsaturated/α-hetero) is 1. The standard InChI is InChI=1S/C15H28N2O/c1-4-14-11-17(8-7-16(14)3)10-13-9-12(2)5-6-15(13)18/h12-14H,4-11H2,1-3H3. The van der Waals surface area contributed by atoms with E-state index in [1.807, 2.05) is 0 Å². The summed E-state index contributed by atoms with van der Waals surface area (Å²) < 4.78 is 0. The van der Waals surface area contributed by atoms with Crippen LogP contribution in [0.1, 0.15) is 39.5 Å². The molecule has 3 atom stereocenters. The second-order valence-corrected chi connectivity index (χ2v) is 6.35. The molecule has 1 saturated carbocycles. The molecule has 3 nitrogen and oxygen atoms in total. The Kier molecular flexibility index (Phi) is 4.79. The molecule has 0 radical (unpaired) electrons. The van der Waals surface area contributed by atoms with Gasteiger partial charge in [0.15, 0.2) is 0 Å². The summed E-state index contributed by atoms with van der Waals surface area (Å²) in [6, 6.07) is 0.676. The molecule has 3 unspecified atom stereocenters. The fourth-order valence-corrected chi connectivity index (χ4v) is 3.43. The van der Waals surface area contributed by atoms with Crippen molar-refractivity contribution in [2.45, 2.75) is 45.6 Å². The normalized spacial score (nSPS) is 35.9. The van der Waals surface area contributed by atoms with Crippen LogP contribution in [-0.2, 0) is 4.79 Å². The summed E-state index contributed by atoms with van der Waals surface area (Å²) in [5.41, 5.74) is 0. The van der Waals surface area contributed by atoms with Crippen LogP contribution in [0.4, 0.5) is 0 Å². The zero-order valence-electron chi connectivity index (χ0n) is 12.2. The van der Waals surface area contributed by atoms with Crippen LogP contribution in [0.5, 0.6) is 0 Å². The van der Waals surface area contributed by atoms with Gasteiger partial charge >= 0.3 is 0 Å². The molecule has 18 heavy (non-hydrogen) atoms. The summed E-state index contributed by atoms with van der Waals surface area (Å²) in [6.07, 6.45) is 4.25. The summed E-state index contributed by atoms with van der Waals surface area (Å²) in [7, 11) is 2.22. The highest BCUT2D eigenvalue weighted by atomic mass is 16.1. The lowest BCUT2D eigenvalue weighted by molar-refractivity contribution is -0.126. The van der Waals surface area contributed by atoms with Crippen molar-refractivity contribution in [2.24, 2.45) is 11.8 Å². The molecule has 0 bridgehead atoms. The van der Waals surface area contributed by atoms with E-state index in [2.05, 4.69) is 30.7 Å². The largest absolute Gasteiger partial charge is 0.301 e. The van der Waals surface area contributed by atoms with E-state index >= 15 is 0 Å². The maximum Gasteiger partial charge on any atom is 0.137 e. The number of rotatable bonds is 3. The lowest BCUT2D eigenvalue weighted by Gasteiger charge is -2.41. The summed E-state index contributed by atoms with van der Waals surface area (Å²) in [5, 5.41) is 0. The van der Waals surface area contributed by atoms with Gasteiger partial charge in [-0.25, -0.2) is 0 Å². The molecule has 0 N–H and O–H groups in total. The minimum absolute atomic E-state index is 0.315. The zero-order valence-corrected chi connectivity index (χ0v) is 12.2. The highest BCUT2D eigenvalue weighted by Gasteiger charge is 2.30. The van der Waals surface area contributed by atoms with Gasteiger partial charge in [-0.1, -0.05) is 13.8 Å². The highest BCUT2D eigenvalue weighted by Crippen LogP contribution is 2.27. The topological polar surface area (TPSA) is 23.6 Å². The van der Waals surface area contributed by atoms with Crippen molar-refractivity contribution in [3.05, 3.63) is 0 Å². The van der Waals surface area contributed by atoms with Gasteiger partial charge < -0.3 is 4.90 Å². The number of hydrogen-bond donors (Lipinski definition) is 0. The molecule has 0 aromatic heterocycles. The van der Waals surface area contributed by atoms with E-state index < -0.39 is 0 Å². The molecule has 1 heterocycles. The molecule has 0 amide bonds. The van der Waals surface area contributed by atoms with Crippen molar-refractivity contribution in [1.82, 2.24) is 9.80 Å². The number of carbonyl (C=O) groups is 1. The first kappa shape index (κ1) is 14.0. The van der Waals surface area contributed by atoms with E-state index in [-0.39, 0.29) is 0 Å². The summed E-state index contributed by atoms with van der Waals surface area (Å²) >= 11 is 0. The van der Waals surface area contributed by atoms with Crippen molar-refractivity contribution in [1.29, 1.82) is 0 Å². The third kappa shape index (κ3) is 3.33. The van der Waals surface area contributed by atoms with Crippen molar-refractivity contribution < 1.29 is 4.79 Å². The lowest BCUT2D eigenvalue weighted by Crippen LogP contribution is -2.52. The third-order valence-corrected chi connectivity index (χ3v) is 4.84. The number of likely N-dealkylation sites (N-methyl/N-ethyl adjacent to an activating group) is 1. The SMILES string of the molecule is CCC1CN(CC2CC(C)CCC2=O)CCN1C. The average molecular weight is 252 g/mol. The highest BCUT2D eigenvalue weighted by molar-refractivity contribution is 5.81. The molecular weight excluding hydrogens is 224 g/mol. The van der Waals surface area contributed by atoms with Gasteiger partial charge in [0.1, 0.15) is 5.78 Å². The molecule has 2 rings (SSSR count). The second kappa shape index (κ2) is 6.16. The number of hydrogen-bond acceptors (Lipinski definition) is 3. The third-order valence-electron chi connectivity index (χ3n) is 4.84. The molecular formula is C15H28N2O.